The van der Waals surface area contributed by atoms with Crippen molar-refractivity contribution in [1.82, 2.24) is 9.97 Å². The summed E-state index contributed by atoms with van der Waals surface area (Å²) in [6, 6.07) is 7.07. The Labute approximate surface area is 111 Å². The molecule has 0 saturated carbocycles. The molecule has 0 aliphatic carbocycles. The van der Waals surface area contributed by atoms with E-state index < -0.39 is 5.82 Å². The van der Waals surface area contributed by atoms with E-state index >= 15 is 0 Å². The number of ether oxygens (including phenoxy) is 2. The molecule has 19 heavy (non-hydrogen) atoms. The van der Waals surface area contributed by atoms with Crippen molar-refractivity contribution in [1.29, 1.82) is 0 Å². The van der Waals surface area contributed by atoms with Gasteiger partial charge < -0.3 is 9.47 Å². The van der Waals surface area contributed by atoms with Gasteiger partial charge in [0, 0.05) is 25.7 Å². The topological polar surface area (TPSA) is 44.2 Å². The van der Waals surface area contributed by atoms with Gasteiger partial charge in [-0.05, 0) is 24.3 Å². The van der Waals surface area contributed by atoms with Gasteiger partial charge in [-0.1, -0.05) is 0 Å². The van der Waals surface area contributed by atoms with Crippen molar-refractivity contribution < 1.29 is 13.9 Å². The fourth-order valence-electron chi connectivity index (χ4n) is 1.58. The summed E-state index contributed by atoms with van der Waals surface area (Å²) < 4.78 is 23.9. The van der Waals surface area contributed by atoms with Crippen LogP contribution >= 0.6 is 0 Å². The minimum Gasteiger partial charge on any atom is -0.494 e. The highest BCUT2D eigenvalue weighted by Crippen LogP contribution is 2.22. The van der Waals surface area contributed by atoms with Gasteiger partial charge in [-0.2, -0.15) is 0 Å². The average Bonchev–Trinajstić information content (AvgIpc) is 2.45. The molecule has 0 fully saturated rings. The number of methoxy groups -OCH3 is 1. The molecular weight excluding hydrogens is 247 g/mol. The maximum atomic E-state index is 13.5. The molecule has 0 unspecified atom stereocenters. The molecule has 0 saturated heterocycles. The Bertz CT molecular complexity index is 517. The first-order valence-electron chi connectivity index (χ1n) is 5.92. The lowest BCUT2D eigenvalue weighted by Crippen LogP contribution is -2.01. The third-order valence-electron chi connectivity index (χ3n) is 2.51. The predicted molar refractivity (Wildman–Crippen MR) is 68.3 cm³/mol. The lowest BCUT2D eigenvalue weighted by Gasteiger charge is -2.07. The number of halogens is 1. The molecule has 1 radical (unpaired) electrons. The Balaban J connectivity index is 2.01. The van der Waals surface area contributed by atoms with E-state index in [2.05, 4.69) is 16.3 Å². The van der Waals surface area contributed by atoms with Gasteiger partial charge in [-0.25, -0.2) is 14.4 Å². The molecule has 2 rings (SSSR count). The van der Waals surface area contributed by atoms with Crippen LogP contribution in [-0.4, -0.2) is 30.3 Å². The number of hydrogen-bond donors (Lipinski definition) is 0. The van der Waals surface area contributed by atoms with Gasteiger partial charge in [0.2, 0.25) is 0 Å². The first-order valence-corrected chi connectivity index (χ1v) is 5.92. The predicted octanol–water partition coefficient (Wildman–Crippen LogP) is 2.50. The van der Waals surface area contributed by atoms with E-state index in [-0.39, 0.29) is 5.69 Å². The summed E-state index contributed by atoms with van der Waals surface area (Å²) in [6.45, 7) is 1.25. The largest absolute Gasteiger partial charge is 0.494 e. The van der Waals surface area contributed by atoms with Gasteiger partial charge >= 0.3 is 0 Å². The number of rotatable bonds is 6. The summed E-state index contributed by atoms with van der Waals surface area (Å²) in [6.07, 6.45) is 4.30. The van der Waals surface area contributed by atoms with Gasteiger partial charge in [-0.3, -0.25) is 0 Å². The Kier molecular flexibility index (Phi) is 4.80. The monoisotopic (exact) mass is 261 g/mol. The van der Waals surface area contributed by atoms with Gasteiger partial charge in [0.05, 0.1) is 12.8 Å². The van der Waals surface area contributed by atoms with Crippen molar-refractivity contribution in [3.05, 3.63) is 42.6 Å². The van der Waals surface area contributed by atoms with Gasteiger partial charge in [0.25, 0.3) is 0 Å². The van der Waals surface area contributed by atoms with Crippen LogP contribution in [0.5, 0.6) is 5.75 Å². The Hall–Kier alpha value is -2.01. The molecule has 2 aromatic rings. The first kappa shape index (κ1) is 13.4. The molecule has 0 N–H and O–H groups in total. The van der Waals surface area contributed by atoms with E-state index in [0.29, 0.717) is 18.8 Å². The quantitative estimate of drug-likeness (QED) is 0.749. The minimum atomic E-state index is -0.465. The molecule has 0 spiro atoms. The second-order valence-corrected chi connectivity index (χ2v) is 3.89. The molecule has 1 aromatic carbocycles. The van der Waals surface area contributed by atoms with E-state index in [1.54, 1.807) is 31.4 Å². The zero-order valence-electron chi connectivity index (χ0n) is 10.6. The molecule has 99 valence electrons. The summed E-state index contributed by atoms with van der Waals surface area (Å²) in [5, 5.41) is 0. The van der Waals surface area contributed by atoms with Crippen LogP contribution in [0.15, 0.2) is 30.5 Å². The van der Waals surface area contributed by atoms with Crippen molar-refractivity contribution in [3.63, 3.8) is 0 Å². The number of nitrogens with zero attached hydrogens (tertiary/aromatic N) is 2. The molecule has 0 aliphatic rings. The van der Waals surface area contributed by atoms with Gasteiger partial charge in [0.15, 0.2) is 12.1 Å². The molecule has 0 bridgehead atoms. The maximum Gasteiger partial charge on any atom is 0.198 e. The molecule has 1 aromatic heterocycles. The van der Waals surface area contributed by atoms with Crippen LogP contribution in [0.1, 0.15) is 6.42 Å². The average molecular weight is 261 g/mol. The standard InChI is InChI=1S/C14H14FN2O2/c1-18-7-2-8-19-12-5-3-11(4-6-12)14-13(15)9-16-10-17-14/h3-6,9H,2,7-8H2,1H3. The highest BCUT2D eigenvalue weighted by atomic mass is 19.1. The maximum absolute atomic E-state index is 13.5. The molecular formula is C14H14FN2O2. The lowest BCUT2D eigenvalue weighted by molar-refractivity contribution is 0.172. The normalized spacial score (nSPS) is 10.4. The van der Waals surface area contributed by atoms with E-state index in [1.165, 1.54) is 0 Å². The van der Waals surface area contributed by atoms with Crippen molar-refractivity contribution in [2.24, 2.45) is 0 Å². The second-order valence-electron chi connectivity index (χ2n) is 3.89. The Morgan fingerprint density at radius 3 is 2.68 bits per heavy atom. The third kappa shape index (κ3) is 3.72. The van der Waals surface area contributed by atoms with Crippen molar-refractivity contribution in [2.75, 3.05) is 20.3 Å². The Morgan fingerprint density at radius 1 is 1.21 bits per heavy atom. The highest BCUT2D eigenvalue weighted by molar-refractivity contribution is 5.60. The Morgan fingerprint density at radius 2 is 2.00 bits per heavy atom. The van der Waals surface area contributed by atoms with E-state index in [0.717, 1.165) is 18.4 Å². The zero-order valence-corrected chi connectivity index (χ0v) is 10.6. The number of hydrogen-bond acceptors (Lipinski definition) is 4. The van der Waals surface area contributed by atoms with Crippen molar-refractivity contribution in [2.45, 2.75) is 6.42 Å². The third-order valence-corrected chi connectivity index (χ3v) is 2.51. The number of benzene rings is 1. The molecule has 5 heteroatoms. The summed E-state index contributed by atoms with van der Waals surface area (Å²) in [5.41, 5.74) is 0.904. The van der Waals surface area contributed by atoms with Crippen LogP contribution < -0.4 is 4.74 Å². The van der Waals surface area contributed by atoms with Crippen LogP contribution in [0, 0.1) is 12.1 Å². The summed E-state index contributed by atoms with van der Waals surface area (Å²) >= 11 is 0. The van der Waals surface area contributed by atoms with E-state index in [9.17, 15) is 4.39 Å². The lowest BCUT2D eigenvalue weighted by atomic mass is 10.1. The molecule has 0 amide bonds. The van der Waals surface area contributed by atoms with Crippen LogP contribution in [-0.2, 0) is 4.74 Å². The van der Waals surface area contributed by atoms with Crippen LogP contribution in [0.4, 0.5) is 4.39 Å². The van der Waals surface area contributed by atoms with E-state index in [1.807, 2.05) is 0 Å². The minimum absolute atomic E-state index is 0.237. The molecule has 0 aliphatic heterocycles. The molecule has 0 atom stereocenters. The fourth-order valence-corrected chi connectivity index (χ4v) is 1.58. The summed E-state index contributed by atoms with van der Waals surface area (Å²) in [5.74, 6) is 0.269. The summed E-state index contributed by atoms with van der Waals surface area (Å²) in [4.78, 5) is 7.29. The van der Waals surface area contributed by atoms with Crippen LogP contribution in [0.2, 0.25) is 0 Å². The smallest absolute Gasteiger partial charge is 0.198 e. The van der Waals surface area contributed by atoms with Crippen molar-refractivity contribution >= 4 is 0 Å². The van der Waals surface area contributed by atoms with Crippen molar-refractivity contribution in [3.8, 4) is 17.0 Å². The van der Waals surface area contributed by atoms with Crippen LogP contribution in [0.3, 0.4) is 0 Å². The fraction of sp³-hybridized carbons (Fsp3) is 0.286. The zero-order chi connectivity index (χ0) is 13.5. The second kappa shape index (κ2) is 6.80. The van der Waals surface area contributed by atoms with Crippen LogP contribution in [0.25, 0.3) is 11.3 Å². The number of aromatic nitrogens is 2. The SMILES string of the molecule is COCCCOc1ccc(-c2n[c]ncc2F)cc1. The van der Waals surface area contributed by atoms with Gasteiger partial charge in [0.1, 0.15) is 11.4 Å². The highest BCUT2D eigenvalue weighted by Gasteiger charge is 2.06. The first-order chi connectivity index (χ1) is 9.31. The molecule has 4 nitrogen and oxygen atoms in total. The summed E-state index contributed by atoms with van der Waals surface area (Å²) in [7, 11) is 1.65. The molecule has 1 heterocycles. The van der Waals surface area contributed by atoms with Gasteiger partial charge in [-0.15, -0.1) is 0 Å². The van der Waals surface area contributed by atoms with E-state index in [4.69, 9.17) is 9.47 Å².